The van der Waals surface area contributed by atoms with Crippen molar-refractivity contribution in [3.63, 3.8) is 0 Å². The number of rotatable bonds is 4. The van der Waals surface area contributed by atoms with Crippen LogP contribution < -0.4 is 4.90 Å². The van der Waals surface area contributed by atoms with Crippen LogP contribution in [-0.4, -0.2) is 71.9 Å². The maximum Gasteiger partial charge on any atom is 0.164 e. The van der Waals surface area contributed by atoms with Crippen molar-refractivity contribution < 1.29 is 0 Å². The van der Waals surface area contributed by atoms with Crippen LogP contribution in [0.5, 0.6) is 0 Å². The Hall–Kier alpha value is -4.63. The maximum atomic E-state index is 5.13. The number of aromatic amines is 1. The zero-order valence-corrected chi connectivity index (χ0v) is 21.6. The van der Waals surface area contributed by atoms with Crippen molar-refractivity contribution >= 4 is 22.4 Å². The van der Waals surface area contributed by atoms with Crippen molar-refractivity contribution in [3.05, 3.63) is 79.5 Å². The Labute approximate surface area is 225 Å². The van der Waals surface area contributed by atoms with Crippen LogP contribution in [0.2, 0.25) is 0 Å². The summed E-state index contributed by atoms with van der Waals surface area (Å²) in [5.74, 6) is 1.04. The fourth-order valence-corrected chi connectivity index (χ4v) is 6.34. The molecule has 7 heterocycles. The van der Waals surface area contributed by atoms with Crippen LogP contribution in [0.25, 0.3) is 50.2 Å². The van der Waals surface area contributed by atoms with Gasteiger partial charge in [0.1, 0.15) is 11.5 Å². The number of fused-ring (bicyclic) bond motifs is 4. The van der Waals surface area contributed by atoms with E-state index < -0.39 is 0 Å². The summed E-state index contributed by atoms with van der Waals surface area (Å²) < 4.78 is 1.94. The Bertz CT molecular complexity index is 1790. The Morgan fingerprint density at radius 2 is 1.69 bits per heavy atom. The first-order valence-electron chi connectivity index (χ1n) is 13.4. The lowest BCUT2D eigenvalue weighted by Gasteiger charge is -2.39. The fourth-order valence-electron chi connectivity index (χ4n) is 6.34. The number of H-pyrrole nitrogens is 1. The number of piperazine rings is 1. The number of likely N-dealkylation sites (N-methyl/N-ethyl adjacent to an activating group) is 1. The summed E-state index contributed by atoms with van der Waals surface area (Å²) in [6.07, 6.45) is 11.8. The van der Waals surface area contributed by atoms with E-state index in [1.807, 2.05) is 53.4 Å². The van der Waals surface area contributed by atoms with E-state index in [0.717, 1.165) is 69.1 Å². The second-order valence-electron chi connectivity index (χ2n) is 10.5. The van der Waals surface area contributed by atoms with E-state index in [4.69, 9.17) is 15.1 Å². The first kappa shape index (κ1) is 22.4. The number of anilines is 1. The molecule has 9 nitrogen and oxygen atoms in total. The Kier molecular flexibility index (Phi) is 4.99. The molecule has 1 N–H and O–H groups in total. The quantitative estimate of drug-likeness (QED) is 0.366. The van der Waals surface area contributed by atoms with Gasteiger partial charge in [0.25, 0.3) is 0 Å². The fraction of sp³-hybridized carbons (Fsp3) is 0.233. The Morgan fingerprint density at radius 1 is 0.846 bits per heavy atom. The molecule has 2 atom stereocenters. The molecule has 2 fully saturated rings. The minimum atomic E-state index is 0.624. The minimum Gasteiger partial charge on any atom is -0.353 e. The SMILES string of the molecule is CN1C2CCC1CN(c1ccc(-c3ccnc4c(-c5cccc6[nH]ncc56)c(-c5ccncc5)nn34)cn1)C2. The smallest absolute Gasteiger partial charge is 0.164 e. The molecular weight excluding hydrogens is 486 g/mol. The second-order valence-corrected chi connectivity index (χ2v) is 10.5. The van der Waals surface area contributed by atoms with Crippen LogP contribution >= 0.6 is 0 Å². The summed E-state index contributed by atoms with van der Waals surface area (Å²) in [7, 11) is 2.26. The van der Waals surface area contributed by atoms with Gasteiger partial charge in [-0.05, 0) is 61.9 Å². The number of benzene rings is 1. The predicted octanol–water partition coefficient (Wildman–Crippen LogP) is 4.68. The first-order chi connectivity index (χ1) is 19.2. The number of hydrogen-bond acceptors (Lipinski definition) is 7. The zero-order chi connectivity index (χ0) is 25.9. The highest BCUT2D eigenvalue weighted by Gasteiger charge is 2.37. The van der Waals surface area contributed by atoms with Crippen molar-refractivity contribution in [2.75, 3.05) is 25.0 Å². The highest BCUT2D eigenvalue weighted by atomic mass is 15.3. The van der Waals surface area contributed by atoms with E-state index in [0.29, 0.717) is 12.1 Å². The predicted molar refractivity (Wildman–Crippen MR) is 151 cm³/mol. The maximum absolute atomic E-state index is 5.13. The van der Waals surface area contributed by atoms with E-state index in [9.17, 15) is 0 Å². The van der Waals surface area contributed by atoms with Crippen molar-refractivity contribution in [2.24, 2.45) is 0 Å². The summed E-state index contributed by atoms with van der Waals surface area (Å²) in [5, 5.41) is 13.5. The van der Waals surface area contributed by atoms with Gasteiger partial charge in [0.15, 0.2) is 5.65 Å². The average molecular weight is 514 g/mol. The summed E-state index contributed by atoms with van der Waals surface area (Å²) in [6, 6.07) is 17.7. The van der Waals surface area contributed by atoms with Gasteiger partial charge >= 0.3 is 0 Å². The molecule has 2 unspecified atom stereocenters. The number of hydrogen-bond donors (Lipinski definition) is 1. The molecule has 39 heavy (non-hydrogen) atoms. The lowest BCUT2D eigenvalue weighted by atomic mass is 9.99. The van der Waals surface area contributed by atoms with Gasteiger partial charge in [0.2, 0.25) is 0 Å². The third-order valence-corrected chi connectivity index (χ3v) is 8.44. The van der Waals surface area contributed by atoms with E-state index in [1.165, 1.54) is 12.8 Å². The van der Waals surface area contributed by atoms with Crippen LogP contribution in [-0.2, 0) is 0 Å². The van der Waals surface area contributed by atoms with Gasteiger partial charge in [-0.3, -0.25) is 15.0 Å². The molecule has 0 spiro atoms. The molecule has 2 saturated heterocycles. The number of pyridine rings is 2. The molecule has 0 saturated carbocycles. The van der Waals surface area contributed by atoms with E-state index in [1.54, 1.807) is 12.4 Å². The zero-order valence-electron chi connectivity index (χ0n) is 21.6. The van der Waals surface area contributed by atoms with Crippen LogP contribution in [0, 0.1) is 0 Å². The molecule has 2 aliphatic rings. The molecule has 5 aromatic heterocycles. The molecule has 2 aliphatic heterocycles. The largest absolute Gasteiger partial charge is 0.353 e. The van der Waals surface area contributed by atoms with Gasteiger partial charge in [-0.1, -0.05) is 12.1 Å². The van der Waals surface area contributed by atoms with Crippen LogP contribution in [0.3, 0.4) is 0 Å². The van der Waals surface area contributed by atoms with E-state index in [2.05, 4.69) is 50.2 Å². The van der Waals surface area contributed by atoms with Crippen molar-refractivity contribution in [1.82, 2.24) is 39.7 Å². The second kappa shape index (κ2) is 8.71. The monoisotopic (exact) mass is 513 g/mol. The molecule has 0 amide bonds. The Morgan fingerprint density at radius 3 is 2.49 bits per heavy atom. The molecule has 0 aliphatic carbocycles. The average Bonchev–Trinajstić information content (AvgIpc) is 3.66. The number of nitrogens with zero attached hydrogens (tertiary/aromatic N) is 8. The van der Waals surface area contributed by atoms with Gasteiger partial charge < -0.3 is 4.90 Å². The van der Waals surface area contributed by atoms with Crippen LogP contribution in [0.4, 0.5) is 5.82 Å². The first-order valence-corrected chi connectivity index (χ1v) is 13.4. The van der Waals surface area contributed by atoms with Crippen LogP contribution in [0.15, 0.2) is 79.5 Å². The normalized spacial score (nSPS) is 19.4. The molecule has 9 heteroatoms. The van der Waals surface area contributed by atoms with E-state index >= 15 is 0 Å². The molecule has 2 bridgehead atoms. The highest BCUT2D eigenvalue weighted by Crippen LogP contribution is 2.39. The minimum absolute atomic E-state index is 0.624. The molecular formula is C30H27N9. The molecule has 8 rings (SSSR count). The summed E-state index contributed by atoms with van der Waals surface area (Å²) >= 11 is 0. The molecule has 6 aromatic rings. The molecule has 0 radical (unpaired) electrons. The summed E-state index contributed by atoms with van der Waals surface area (Å²) in [5.41, 5.74) is 7.53. The third kappa shape index (κ3) is 3.54. The topological polar surface area (TPSA) is 91.1 Å². The van der Waals surface area contributed by atoms with Gasteiger partial charge in [0, 0.05) is 66.5 Å². The molecule has 1 aromatic carbocycles. The summed E-state index contributed by atoms with van der Waals surface area (Å²) in [6.45, 7) is 2.08. The molecule has 192 valence electrons. The van der Waals surface area contributed by atoms with Crippen molar-refractivity contribution in [3.8, 4) is 33.6 Å². The Balaban J connectivity index is 1.26. The summed E-state index contributed by atoms with van der Waals surface area (Å²) in [4.78, 5) is 18.9. The number of aromatic nitrogens is 7. The van der Waals surface area contributed by atoms with Crippen molar-refractivity contribution in [2.45, 2.75) is 24.9 Å². The third-order valence-electron chi connectivity index (χ3n) is 8.44. The van der Waals surface area contributed by atoms with E-state index in [-0.39, 0.29) is 0 Å². The van der Waals surface area contributed by atoms with Gasteiger partial charge in [-0.2, -0.15) is 10.2 Å². The highest BCUT2D eigenvalue weighted by molar-refractivity contribution is 6.02. The standard InChI is InChI=1S/C30H27N9/c1-37-21-6-7-22(37)18-38(17-21)27-8-5-20(15-33-27)26-11-14-32-30-28(23-3-2-4-25-24(23)16-34-35-25)29(36-39(26)30)19-9-12-31-13-10-19/h2-5,8-16,21-22H,6-7,17-18H2,1H3,(H,34,35). The number of nitrogens with one attached hydrogen (secondary N) is 1. The lowest BCUT2D eigenvalue weighted by molar-refractivity contribution is 0.212. The van der Waals surface area contributed by atoms with Gasteiger partial charge in [-0.15, -0.1) is 0 Å². The van der Waals surface area contributed by atoms with Crippen LogP contribution in [0.1, 0.15) is 12.8 Å². The van der Waals surface area contributed by atoms with Gasteiger partial charge in [0.05, 0.1) is 23.0 Å². The van der Waals surface area contributed by atoms with Gasteiger partial charge in [-0.25, -0.2) is 14.5 Å². The lowest BCUT2D eigenvalue weighted by Crippen LogP contribution is -2.52. The van der Waals surface area contributed by atoms with Crippen molar-refractivity contribution in [1.29, 1.82) is 0 Å².